The van der Waals surface area contributed by atoms with Crippen molar-refractivity contribution in [2.24, 2.45) is 0 Å². The van der Waals surface area contributed by atoms with Gasteiger partial charge in [-0.15, -0.1) is 0 Å². The van der Waals surface area contributed by atoms with E-state index >= 15 is 0 Å². The zero-order valence-electron chi connectivity index (χ0n) is 9.09. The minimum Gasteiger partial charge on any atom is -0.320 e. The third-order valence-corrected chi connectivity index (χ3v) is 2.02. The molecule has 0 saturated heterocycles. The third kappa shape index (κ3) is 2.74. The van der Waals surface area contributed by atoms with E-state index < -0.39 is 15.8 Å². The van der Waals surface area contributed by atoms with Crippen molar-refractivity contribution in [3.05, 3.63) is 37.9 Å². The summed E-state index contributed by atoms with van der Waals surface area (Å²) in [6.45, 7) is 2.55. The number of carbonyl (C=O) groups is 1. The van der Waals surface area contributed by atoms with Gasteiger partial charge in [-0.1, -0.05) is 0 Å². The smallest absolute Gasteiger partial charge is 0.293 e. The monoisotopic (exact) mass is 239 g/mol. The molecule has 0 saturated carbocycles. The van der Waals surface area contributed by atoms with E-state index in [0.29, 0.717) is 0 Å². The highest BCUT2D eigenvalue weighted by atomic mass is 16.6. The molecular formula is C9H9N3O5. The van der Waals surface area contributed by atoms with Crippen molar-refractivity contribution >= 4 is 23.0 Å². The van der Waals surface area contributed by atoms with Crippen molar-refractivity contribution in [2.75, 3.05) is 5.32 Å². The molecule has 0 unspecified atom stereocenters. The van der Waals surface area contributed by atoms with Crippen LogP contribution in [0.25, 0.3) is 0 Å². The van der Waals surface area contributed by atoms with E-state index in [4.69, 9.17) is 0 Å². The molecule has 0 atom stereocenters. The van der Waals surface area contributed by atoms with Crippen LogP contribution in [0.1, 0.15) is 12.5 Å². The number of hydrogen-bond donors (Lipinski definition) is 1. The molecule has 0 aliphatic heterocycles. The highest BCUT2D eigenvalue weighted by molar-refractivity contribution is 5.92. The molecule has 0 aliphatic rings. The lowest BCUT2D eigenvalue weighted by Crippen LogP contribution is -2.09. The largest absolute Gasteiger partial charge is 0.320 e. The Hall–Kier alpha value is -2.51. The van der Waals surface area contributed by atoms with E-state index in [2.05, 4.69) is 5.32 Å². The summed E-state index contributed by atoms with van der Waals surface area (Å²) in [5, 5.41) is 23.6. The number of nitrogens with zero attached hydrogens (tertiary/aromatic N) is 2. The summed E-state index contributed by atoms with van der Waals surface area (Å²) >= 11 is 0. The van der Waals surface area contributed by atoms with Crippen molar-refractivity contribution < 1.29 is 14.6 Å². The maximum atomic E-state index is 10.9. The van der Waals surface area contributed by atoms with Crippen LogP contribution >= 0.6 is 0 Å². The van der Waals surface area contributed by atoms with Gasteiger partial charge in [0.2, 0.25) is 5.91 Å². The summed E-state index contributed by atoms with van der Waals surface area (Å²) in [5.41, 5.74) is -0.668. The quantitative estimate of drug-likeness (QED) is 0.637. The predicted octanol–water partition coefficient (Wildman–Crippen LogP) is 1.77. The van der Waals surface area contributed by atoms with Crippen LogP contribution in [0.4, 0.5) is 17.1 Å². The molecule has 0 radical (unpaired) electrons. The zero-order valence-corrected chi connectivity index (χ0v) is 9.09. The Bertz CT molecular complexity index is 512. The number of carbonyl (C=O) groups excluding carboxylic acids is 1. The minimum atomic E-state index is -0.706. The lowest BCUT2D eigenvalue weighted by molar-refractivity contribution is -0.388. The second-order valence-electron chi connectivity index (χ2n) is 3.35. The molecular weight excluding hydrogens is 230 g/mol. The van der Waals surface area contributed by atoms with E-state index in [9.17, 15) is 25.0 Å². The number of aryl methyl sites for hydroxylation is 1. The van der Waals surface area contributed by atoms with E-state index in [-0.39, 0.29) is 22.6 Å². The van der Waals surface area contributed by atoms with Crippen molar-refractivity contribution in [1.82, 2.24) is 0 Å². The molecule has 8 nitrogen and oxygen atoms in total. The lowest BCUT2D eigenvalue weighted by atomic mass is 10.1. The van der Waals surface area contributed by atoms with E-state index in [1.54, 1.807) is 0 Å². The number of nitro groups is 2. The van der Waals surface area contributed by atoms with Gasteiger partial charge in [0.25, 0.3) is 11.4 Å². The Morgan fingerprint density at radius 1 is 1.18 bits per heavy atom. The van der Waals surface area contributed by atoms with Gasteiger partial charge in [-0.25, -0.2) is 0 Å². The van der Waals surface area contributed by atoms with Crippen molar-refractivity contribution in [1.29, 1.82) is 0 Å². The average molecular weight is 239 g/mol. The first-order valence-electron chi connectivity index (χ1n) is 4.54. The fraction of sp³-hybridized carbons (Fsp3) is 0.222. The van der Waals surface area contributed by atoms with Crippen LogP contribution in [0.3, 0.4) is 0 Å². The van der Waals surface area contributed by atoms with Crippen LogP contribution in [0.5, 0.6) is 0 Å². The van der Waals surface area contributed by atoms with Crippen LogP contribution in [0.2, 0.25) is 0 Å². The molecule has 90 valence electrons. The molecule has 0 bridgehead atoms. The molecule has 1 aromatic rings. The zero-order chi connectivity index (χ0) is 13.2. The predicted molar refractivity (Wildman–Crippen MR) is 58.8 cm³/mol. The van der Waals surface area contributed by atoms with E-state index in [1.165, 1.54) is 6.92 Å². The molecule has 0 aliphatic carbocycles. The van der Waals surface area contributed by atoms with Crippen LogP contribution in [0.15, 0.2) is 12.1 Å². The number of nitrogens with one attached hydrogen (secondary N) is 1. The van der Waals surface area contributed by atoms with Gasteiger partial charge in [0.05, 0.1) is 9.85 Å². The second kappa shape index (κ2) is 4.56. The summed E-state index contributed by atoms with van der Waals surface area (Å²) in [4.78, 5) is 30.9. The van der Waals surface area contributed by atoms with Crippen LogP contribution in [0, 0.1) is 27.2 Å². The van der Waals surface area contributed by atoms with Crippen LogP contribution < -0.4 is 5.32 Å². The fourth-order valence-corrected chi connectivity index (χ4v) is 1.32. The maximum absolute atomic E-state index is 10.9. The topological polar surface area (TPSA) is 115 Å². The first kappa shape index (κ1) is 12.6. The molecule has 1 N–H and O–H groups in total. The summed E-state index contributed by atoms with van der Waals surface area (Å²) in [6, 6.07) is 2.04. The standard InChI is InChI=1S/C9H9N3O5/c1-5-3-9(12(16)17)7(10-6(2)13)4-8(5)11(14)15/h3-4H,1-2H3,(H,10,13). The number of amides is 1. The average Bonchev–Trinajstić information content (AvgIpc) is 2.18. The molecule has 1 rings (SSSR count). The first-order chi connectivity index (χ1) is 7.82. The highest BCUT2D eigenvalue weighted by Crippen LogP contribution is 2.31. The van der Waals surface area contributed by atoms with Gasteiger partial charge in [0.1, 0.15) is 5.69 Å². The fourth-order valence-electron chi connectivity index (χ4n) is 1.32. The summed E-state index contributed by atoms with van der Waals surface area (Å²) < 4.78 is 0. The second-order valence-corrected chi connectivity index (χ2v) is 3.35. The van der Waals surface area contributed by atoms with E-state index in [1.807, 2.05) is 0 Å². The number of benzene rings is 1. The van der Waals surface area contributed by atoms with Crippen LogP contribution in [-0.2, 0) is 4.79 Å². The SMILES string of the molecule is CC(=O)Nc1cc([N+](=O)[O-])c(C)cc1[N+](=O)[O-]. The van der Waals surface area contributed by atoms with Crippen molar-refractivity contribution in [3.63, 3.8) is 0 Å². The number of rotatable bonds is 3. The normalized spacial score (nSPS) is 9.76. The number of anilines is 1. The summed E-state index contributed by atoms with van der Waals surface area (Å²) in [6.07, 6.45) is 0. The minimum absolute atomic E-state index is 0.163. The highest BCUT2D eigenvalue weighted by Gasteiger charge is 2.22. The molecule has 17 heavy (non-hydrogen) atoms. The summed E-state index contributed by atoms with van der Waals surface area (Å²) in [7, 11) is 0. The van der Waals surface area contributed by atoms with Gasteiger partial charge in [0, 0.05) is 24.6 Å². The van der Waals surface area contributed by atoms with Gasteiger partial charge < -0.3 is 5.32 Å². The van der Waals surface area contributed by atoms with Crippen molar-refractivity contribution in [2.45, 2.75) is 13.8 Å². The van der Waals surface area contributed by atoms with Crippen molar-refractivity contribution in [3.8, 4) is 0 Å². The summed E-state index contributed by atoms with van der Waals surface area (Å²) in [5.74, 6) is -0.536. The van der Waals surface area contributed by atoms with Gasteiger partial charge in [-0.05, 0) is 6.92 Å². The maximum Gasteiger partial charge on any atom is 0.293 e. The Balaban J connectivity index is 3.41. The molecule has 0 fully saturated rings. The van der Waals surface area contributed by atoms with Gasteiger partial charge in [0.15, 0.2) is 0 Å². The molecule has 8 heteroatoms. The molecule has 0 spiro atoms. The molecule has 0 aromatic heterocycles. The molecule has 1 aromatic carbocycles. The van der Waals surface area contributed by atoms with Gasteiger partial charge >= 0.3 is 0 Å². The van der Waals surface area contributed by atoms with Crippen LogP contribution in [-0.4, -0.2) is 15.8 Å². The third-order valence-electron chi connectivity index (χ3n) is 2.02. The number of nitro benzene ring substituents is 2. The number of hydrogen-bond acceptors (Lipinski definition) is 5. The molecule has 1 amide bonds. The van der Waals surface area contributed by atoms with Gasteiger partial charge in [-0.2, -0.15) is 0 Å². The molecule has 0 heterocycles. The first-order valence-corrected chi connectivity index (χ1v) is 4.54. The van der Waals surface area contributed by atoms with E-state index in [0.717, 1.165) is 19.1 Å². The van der Waals surface area contributed by atoms with Gasteiger partial charge in [-0.3, -0.25) is 25.0 Å². The lowest BCUT2D eigenvalue weighted by Gasteiger charge is -2.05. The Morgan fingerprint density at radius 2 is 1.71 bits per heavy atom. The Kier molecular flexibility index (Phi) is 3.37. The Labute approximate surface area is 95.5 Å². The Morgan fingerprint density at radius 3 is 2.12 bits per heavy atom.